The maximum Gasteiger partial charge on any atom is 0.309 e. The van der Waals surface area contributed by atoms with Gasteiger partial charge in [-0.25, -0.2) is 0 Å². The molecular weight excluding hydrogens is 300 g/mol. The van der Waals surface area contributed by atoms with E-state index in [9.17, 15) is 9.59 Å². The van der Waals surface area contributed by atoms with Gasteiger partial charge >= 0.3 is 11.8 Å². The highest BCUT2D eigenvalue weighted by Gasteiger charge is 2.11. The first kappa shape index (κ1) is 17.7. The van der Waals surface area contributed by atoms with Gasteiger partial charge in [0, 0.05) is 13.1 Å². The lowest BCUT2D eigenvalue weighted by Gasteiger charge is -2.07. The van der Waals surface area contributed by atoms with Crippen LogP contribution in [0.15, 0.2) is 54.6 Å². The minimum atomic E-state index is -0.585. The summed E-state index contributed by atoms with van der Waals surface area (Å²) in [4.78, 5) is 23.5. The Kier molecular flexibility index (Phi) is 7.02. The topological polar surface area (TPSA) is 58.2 Å². The molecule has 2 amide bonds. The zero-order chi connectivity index (χ0) is 17.2. The van der Waals surface area contributed by atoms with E-state index >= 15 is 0 Å². The lowest BCUT2D eigenvalue weighted by molar-refractivity contribution is -0.139. The first-order chi connectivity index (χ1) is 11.6. The van der Waals surface area contributed by atoms with Crippen molar-refractivity contribution in [3.8, 4) is 0 Å². The van der Waals surface area contributed by atoms with Crippen LogP contribution in [0.4, 0.5) is 0 Å². The van der Waals surface area contributed by atoms with Crippen molar-refractivity contribution in [2.75, 3.05) is 6.54 Å². The molecule has 0 bridgehead atoms. The molecule has 4 nitrogen and oxygen atoms in total. The van der Waals surface area contributed by atoms with Gasteiger partial charge in [-0.05, 0) is 37.3 Å². The van der Waals surface area contributed by atoms with E-state index in [1.807, 2.05) is 49.4 Å². The van der Waals surface area contributed by atoms with Crippen molar-refractivity contribution in [2.24, 2.45) is 0 Å². The van der Waals surface area contributed by atoms with Gasteiger partial charge in [-0.3, -0.25) is 9.59 Å². The van der Waals surface area contributed by atoms with Crippen LogP contribution in [0, 0.1) is 6.92 Å². The molecule has 0 aliphatic heterocycles. The normalized spacial score (nSPS) is 10.2. The van der Waals surface area contributed by atoms with Gasteiger partial charge in [-0.2, -0.15) is 0 Å². The molecule has 0 aliphatic carbocycles. The zero-order valence-electron chi connectivity index (χ0n) is 14.0. The summed E-state index contributed by atoms with van der Waals surface area (Å²) < 4.78 is 0. The molecule has 24 heavy (non-hydrogen) atoms. The maximum absolute atomic E-state index is 11.7. The first-order valence-corrected chi connectivity index (χ1v) is 8.30. The smallest absolute Gasteiger partial charge is 0.309 e. The lowest BCUT2D eigenvalue weighted by atomic mass is 10.1. The van der Waals surface area contributed by atoms with Gasteiger partial charge in [0.05, 0.1) is 0 Å². The second kappa shape index (κ2) is 9.50. The fourth-order valence-corrected chi connectivity index (χ4v) is 2.35. The lowest BCUT2D eigenvalue weighted by Crippen LogP contribution is -2.39. The summed E-state index contributed by atoms with van der Waals surface area (Å²) >= 11 is 0. The molecule has 0 radical (unpaired) electrons. The van der Waals surface area contributed by atoms with Crippen LogP contribution >= 0.6 is 0 Å². The molecule has 0 spiro atoms. The van der Waals surface area contributed by atoms with Crippen LogP contribution in [0.2, 0.25) is 0 Å². The van der Waals surface area contributed by atoms with Crippen LogP contribution in [0.25, 0.3) is 0 Å². The highest BCUT2D eigenvalue weighted by atomic mass is 16.2. The van der Waals surface area contributed by atoms with E-state index in [0.29, 0.717) is 13.1 Å². The van der Waals surface area contributed by atoms with Crippen molar-refractivity contribution in [1.29, 1.82) is 0 Å². The Hall–Kier alpha value is -2.62. The second-order valence-corrected chi connectivity index (χ2v) is 5.87. The fraction of sp³-hybridized carbons (Fsp3) is 0.300. The van der Waals surface area contributed by atoms with Crippen molar-refractivity contribution in [3.63, 3.8) is 0 Å². The van der Waals surface area contributed by atoms with Crippen LogP contribution in [-0.2, 0) is 22.6 Å². The largest absolute Gasteiger partial charge is 0.348 e. The number of carbonyl (C=O) groups is 2. The number of hydrogen-bond acceptors (Lipinski definition) is 2. The summed E-state index contributed by atoms with van der Waals surface area (Å²) in [5.74, 6) is -1.15. The van der Waals surface area contributed by atoms with Crippen molar-refractivity contribution in [3.05, 3.63) is 71.3 Å². The molecule has 2 aromatic carbocycles. The summed E-state index contributed by atoms with van der Waals surface area (Å²) in [6, 6.07) is 18.1. The Morgan fingerprint density at radius 2 is 1.46 bits per heavy atom. The molecule has 2 rings (SSSR count). The highest BCUT2D eigenvalue weighted by Crippen LogP contribution is 2.04. The molecule has 2 N–H and O–H groups in total. The third kappa shape index (κ3) is 6.24. The van der Waals surface area contributed by atoms with Crippen molar-refractivity contribution in [1.82, 2.24) is 10.6 Å². The first-order valence-electron chi connectivity index (χ1n) is 8.30. The van der Waals surface area contributed by atoms with E-state index in [0.717, 1.165) is 24.8 Å². The molecule has 2 aromatic rings. The average Bonchev–Trinajstić information content (AvgIpc) is 2.61. The number of rotatable bonds is 7. The fourth-order valence-electron chi connectivity index (χ4n) is 2.35. The van der Waals surface area contributed by atoms with Crippen molar-refractivity contribution < 1.29 is 9.59 Å². The Morgan fingerprint density at radius 1 is 0.792 bits per heavy atom. The quantitative estimate of drug-likeness (QED) is 0.608. The average molecular weight is 324 g/mol. The van der Waals surface area contributed by atoms with Crippen molar-refractivity contribution >= 4 is 11.8 Å². The molecule has 126 valence electrons. The molecule has 0 heterocycles. The number of hydrogen-bond donors (Lipinski definition) is 2. The molecule has 0 unspecified atom stereocenters. The highest BCUT2D eigenvalue weighted by molar-refractivity contribution is 6.35. The van der Waals surface area contributed by atoms with Crippen molar-refractivity contribution in [2.45, 2.75) is 32.7 Å². The van der Waals surface area contributed by atoms with Crippen LogP contribution in [-0.4, -0.2) is 18.4 Å². The van der Waals surface area contributed by atoms with E-state index in [1.54, 1.807) is 0 Å². The van der Waals surface area contributed by atoms with Gasteiger partial charge in [0.1, 0.15) is 0 Å². The van der Waals surface area contributed by atoms with E-state index in [-0.39, 0.29) is 0 Å². The number of unbranched alkanes of at least 4 members (excludes halogenated alkanes) is 1. The third-order valence-electron chi connectivity index (χ3n) is 3.80. The molecule has 0 atom stereocenters. The van der Waals surface area contributed by atoms with Crippen LogP contribution in [0.1, 0.15) is 29.5 Å². The van der Waals surface area contributed by atoms with Gasteiger partial charge in [-0.1, -0.05) is 60.2 Å². The minimum absolute atomic E-state index is 0.362. The van der Waals surface area contributed by atoms with Crippen LogP contribution in [0.3, 0.4) is 0 Å². The van der Waals surface area contributed by atoms with Gasteiger partial charge in [-0.15, -0.1) is 0 Å². The molecule has 0 fully saturated rings. The Bertz CT molecular complexity index is 651. The number of amides is 2. The number of aryl methyl sites for hydroxylation is 2. The molecule has 0 saturated heterocycles. The standard InChI is InChI=1S/C20H24N2O2/c1-16-10-12-18(13-11-16)15-22-20(24)19(23)21-14-6-5-9-17-7-3-2-4-8-17/h2-4,7-8,10-13H,5-6,9,14-15H2,1H3,(H,21,23)(H,22,24). The second-order valence-electron chi connectivity index (χ2n) is 5.87. The Morgan fingerprint density at radius 3 is 2.17 bits per heavy atom. The van der Waals surface area contributed by atoms with Crippen LogP contribution in [0.5, 0.6) is 0 Å². The van der Waals surface area contributed by atoms with Gasteiger partial charge in [0.15, 0.2) is 0 Å². The van der Waals surface area contributed by atoms with E-state index in [1.165, 1.54) is 11.1 Å². The SMILES string of the molecule is Cc1ccc(CNC(=O)C(=O)NCCCCc2ccccc2)cc1. The predicted octanol–water partition coefficient (Wildman–Crippen LogP) is 2.75. The predicted molar refractivity (Wildman–Crippen MR) is 95.4 cm³/mol. The maximum atomic E-state index is 11.7. The molecular formula is C20H24N2O2. The summed E-state index contributed by atoms with van der Waals surface area (Å²) in [6.45, 7) is 2.89. The summed E-state index contributed by atoms with van der Waals surface area (Å²) in [5.41, 5.74) is 3.43. The van der Waals surface area contributed by atoms with E-state index < -0.39 is 11.8 Å². The summed E-state index contributed by atoms with van der Waals surface area (Å²) in [7, 11) is 0. The van der Waals surface area contributed by atoms with E-state index in [4.69, 9.17) is 0 Å². The molecule has 4 heteroatoms. The summed E-state index contributed by atoms with van der Waals surface area (Å²) in [5, 5.41) is 5.30. The minimum Gasteiger partial charge on any atom is -0.348 e. The molecule has 0 aromatic heterocycles. The zero-order valence-corrected chi connectivity index (χ0v) is 14.0. The number of nitrogens with one attached hydrogen (secondary N) is 2. The van der Waals surface area contributed by atoms with Gasteiger partial charge < -0.3 is 10.6 Å². The summed E-state index contributed by atoms with van der Waals surface area (Å²) in [6.07, 6.45) is 2.82. The molecule has 0 aliphatic rings. The van der Waals surface area contributed by atoms with E-state index in [2.05, 4.69) is 22.8 Å². The Labute approximate surface area is 143 Å². The Balaban J connectivity index is 1.59. The number of benzene rings is 2. The third-order valence-corrected chi connectivity index (χ3v) is 3.80. The van der Waals surface area contributed by atoms with Gasteiger partial charge in [0.25, 0.3) is 0 Å². The number of carbonyl (C=O) groups excluding carboxylic acids is 2. The molecule has 0 saturated carbocycles. The monoisotopic (exact) mass is 324 g/mol. The van der Waals surface area contributed by atoms with Gasteiger partial charge in [0.2, 0.25) is 0 Å². The van der Waals surface area contributed by atoms with Crippen LogP contribution < -0.4 is 10.6 Å².